The van der Waals surface area contributed by atoms with Gasteiger partial charge in [-0.1, -0.05) is 6.07 Å². The lowest BCUT2D eigenvalue weighted by Crippen LogP contribution is -2.28. The number of ether oxygens (including phenoxy) is 1. The van der Waals surface area contributed by atoms with Crippen molar-refractivity contribution in [1.29, 1.82) is 0 Å². The Labute approximate surface area is 202 Å². The van der Waals surface area contributed by atoms with Gasteiger partial charge < -0.3 is 10.1 Å². The molecule has 178 valence electrons. The van der Waals surface area contributed by atoms with E-state index in [1.807, 2.05) is 44.6 Å². The maximum Gasteiger partial charge on any atom is 0.333 e. The first-order chi connectivity index (χ1) is 17.0. The van der Waals surface area contributed by atoms with Crippen molar-refractivity contribution in [3.63, 3.8) is 0 Å². The predicted octanol–water partition coefficient (Wildman–Crippen LogP) is 3.57. The van der Waals surface area contributed by atoms with Crippen molar-refractivity contribution < 1.29 is 4.74 Å². The molecule has 5 aromatic rings. The molecular formula is C26H27N7O2. The molecule has 35 heavy (non-hydrogen) atoms. The van der Waals surface area contributed by atoms with Crippen molar-refractivity contribution in [1.82, 2.24) is 28.9 Å². The highest BCUT2D eigenvalue weighted by atomic mass is 16.5. The summed E-state index contributed by atoms with van der Waals surface area (Å²) in [5.74, 6) is 0.870. The fourth-order valence-electron chi connectivity index (χ4n) is 4.91. The van der Waals surface area contributed by atoms with Crippen molar-refractivity contribution in [3.05, 3.63) is 65.1 Å². The van der Waals surface area contributed by atoms with Crippen LogP contribution in [0.15, 0.2) is 53.7 Å². The summed E-state index contributed by atoms with van der Waals surface area (Å²) in [7, 11) is 3.64. The fourth-order valence-corrected chi connectivity index (χ4v) is 4.91. The monoisotopic (exact) mass is 469 g/mol. The van der Waals surface area contributed by atoms with Crippen LogP contribution in [0.2, 0.25) is 0 Å². The number of hydrogen-bond donors (Lipinski definition) is 1. The summed E-state index contributed by atoms with van der Waals surface area (Å²) in [6.07, 6.45) is 7.51. The van der Waals surface area contributed by atoms with Crippen LogP contribution in [0.5, 0.6) is 0 Å². The molecule has 1 fully saturated rings. The second kappa shape index (κ2) is 8.35. The Morgan fingerprint density at radius 1 is 1.03 bits per heavy atom. The number of pyridine rings is 2. The zero-order chi connectivity index (χ0) is 24.1. The van der Waals surface area contributed by atoms with Gasteiger partial charge >= 0.3 is 5.69 Å². The van der Waals surface area contributed by atoms with Gasteiger partial charge in [-0.3, -0.25) is 18.8 Å². The van der Waals surface area contributed by atoms with Crippen molar-refractivity contribution >= 4 is 27.8 Å². The van der Waals surface area contributed by atoms with Crippen LogP contribution >= 0.6 is 0 Å². The number of aromatic nitrogens is 6. The summed E-state index contributed by atoms with van der Waals surface area (Å²) < 4.78 is 10.5. The van der Waals surface area contributed by atoms with Crippen LogP contribution in [0.25, 0.3) is 38.8 Å². The molecule has 0 bridgehead atoms. The van der Waals surface area contributed by atoms with Crippen molar-refractivity contribution in [2.24, 2.45) is 14.1 Å². The molecule has 1 N–H and O–H groups in total. The Morgan fingerprint density at radius 2 is 1.83 bits per heavy atom. The Morgan fingerprint density at radius 3 is 2.54 bits per heavy atom. The maximum absolute atomic E-state index is 13.3. The number of nitrogens with one attached hydrogen (secondary N) is 1. The van der Waals surface area contributed by atoms with Gasteiger partial charge in [-0.15, -0.1) is 0 Å². The largest absolute Gasteiger partial charge is 0.381 e. The van der Waals surface area contributed by atoms with Crippen LogP contribution in [-0.4, -0.2) is 48.1 Å². The summed E-state index contributed by atoms with van der Waals surface area (Å²) in [5, 5.41) is 8.86. The Bertz CT molecular complexity index is 1610. The van der Waals surface area contributed by atoms with Crippen LogP contribution in [0.1, 0.15) is 18.5 Å². The van der Waals surface area contributed by atoms with Gasteiger partial charge in [0.2, 0.25) is 0 Å². The minimum Gasteiger partial charge on any atom is -0.381 e. The molecule has 0 saturated carbocycles. The molecule has 9 nitrogen and oxygen atoms in total. The molecule has 1 aromatic carbocycles. The number of nitrogens with zero attached hydrogens (tertiary/aromatic N) is 6. The normalized spacial score (nSPS) is 14.7. The standard InChI is InChI=1S/C26H27N7O2/c1-16-23(15-31(2)30-16)33-25-20-12-17(4-6-21(20)27-14-22(25)32(3)26(33)34)18-5-7-24(28-13-18)29-19-8-10-35-11-9-19/h4-7,12-15,19H,8-11H2,1-3H3,(H,28,29). The van der Waals surface area contributed by atoms with E-state index in [0.717, 1.165) is 76.3 Å². The summed E-state index contributed by atoms with van der Waals surface area (Å²) in [6.45, 7) is 3.49. The average molecular weight is 470 g/mol. The third-order valence-corrected chi connectivity index (χ3v) is 6.78. The lowest BCUT2D eigenvalue weighted by molar-refractivity contribution is 0.0904. The quantitative estimate of drug-likeness (QED) is 0.433. The maximum atomic E-state index is 13.3. The number of anilines is 1. The van der Waals surface area contributed by atoms with Gasteiger partial charge in [-0.2, -0.15) is 5.10 Å². The smallest absolute Gasteiger partial charge is 0.333 e. The van der Waals surface area contributed by atoms with E-state index in [9.17, 15) is 4.79 Å². The molecule has 0 unspecified atom stereocenters. The number of imidazole rings is 1. The van der Waals surface area contributed by atoms with E-state index in [1.54, 1.807) is 27.1 Å². The SMILES string of the molecule is Cc1nn(C)cc1-n1c(=O)n(C)c2cnc3ccc(-c4ccc(NC5CCOCC5)nc4)cc3c21. The highest BCUT2D eigenvalue weighted by Crippen LogP contribution is 2.30. The van der Waals surface area contributed by atoms with Crippen LogP contribution in [0.4, 0.5) is 5.82 Å². The number of hydrogen-bond acceptors (Lipinski definition) is 6. The molecular weight excluding hydrogens is 442 g/mol. The van der Waals surface area contributed by atoms with Crippen LogP contribution in [0.3, 0.4) is 0 Å². The third kappa shape index (κ3) is 3.68. The predicted molar refractivity (Wildman–Crippen MR) is 136 cm³/mol. The number of rotatable bonds is 4. The van der Waals surface area contributed by atoms with Crippen LogP contribution < -0.4 is 11.0 Å². The van der Waals surface area contributed by atoms with Gasteiger partial charge in [0, 0.05) is 56.7 Å². The van der Waals surface area contributed by atoms with E-state index in [2.05, 4.69) is 32.5 Å². The van der Waals surface area contributed by atoms with Gasteiger partial charge in [0.15, 0.2) is 0 Å². The Balaban J connectivity index is 1.46. The zero-order valence-corrected chi connectivity index (χ0v) is 20.0. The second-order valence-electron chi connectivity index (χ2n) is 9.14. The van der Waals surface area contributed by atoms with Crippen molar-refractivity contribution in [3.8, 4) is 16.8 Å². The Hall–Kier alpha value is -3.98. The topological polar surface area (TPSA) is 91.8 Å². The summed E-state index contributed by atoms with van der Waals surface area (Å²) in [5.41, 5.74) is 5.88. The molecule has 0 radical (unpaired) electrons. The number of benzene rings is 1. The molecule has 1 saturated heterocycles. The van der Waals surface area contributed by atoms with E-state index in [4.69, 9.17) is 4.74 Å². The second-order valence-corrected chi connectivity index (χ2v) is 9.14. The summed E-state index contributed by atoms with van der Waals surface area (Å²) in [6, 6.07) is 10.6. The van der Waals surface area contributed by atoms with Gasteiger partial charge in [-0.05, 0) is 49.6 Å². The first-order valence-corrected chi connectivity index (χ1v) is 11.8. The molecule has 0 amide bonds. The third-order valence-electron chi connectivity index (χ3n) is 6.78. The minimum absolute atomic E-state index is 0.124. The van der Waals surface area contributed by atoms with Crippen molar-refractivity contribution in [2.45, 2.75) is 25.8 Å². The molecule has 0 spiro atoms. The van der Waals surface area contributed by atoms with E-state index in [-0.39, 0.29) is 5.69 Å². The summed E-state index contributed by atoms with van der Waals surface area (Å²) >= 11 is 0. The number of fused-ring (bicyclic) bond motifs is 3. The first-order valence-electron chi connectivity index (χ1n) is 11.8. The number of aryl methyl sites for hydroxylation is 3. The van der Waals surface area contributed by atoms with Crippen LogP contribution in [-0.2, 0) is 18.8 Å². The Kier molecular flexibility index (Phi) is 5.14. The molecule has 0 aliphatic carbocycles. The van der Waals surface area contributed by atoms with Gasteiger partial charge in [0.1, 0.15) is 5.82 Å². The molecule has 4 aromatic heterocycles. The molecule has 1 aliphatic rings. The van der Waals surface area contributed by atoms with Crippen LogP contribution in [0, 0.1) is 6.92 Å². The van der Waals surface area contributed by atoms with E-state index < -0.39 is 0 Å². The average Bonchev–Trinajstić information content (AvgIpc) is 3.34. The molecule has 6 rings (SSSR count). The van der Waals surface area contributed by atoms with Gasteiger partial charge in [0.25, 0.3) is 0 Å². The lowest BCUT2D eigenvalue weighted by Gasteiger charge is -2.23. The molecule has 9 heteroatoms. The molecule has 0 atom stereocenters. The van der Waals surface area contributed by atoms with Gasteiger partial charge in [0.05, 0.1) is 34.1 Å². The lowest BCUT2D eigenvalue weighted by atomic mass is 10.0. The molecule has 5 heterocycles. The highest BCUT2D eigenvalue weighted by Gasteiger charge is 2.19. The minimum atomic E-state index is -0.124. The first kappa shape index (κ1) is 21.5. The highest BCUT2D eigenvalue weighted by molar-refractivity contribution is 6.04. The van der Waals surface area contributed by atoms with E-state index in [1.165, 1.54) is 0 Å². The van der Waals surface area contributed by atoms with Gasteiger partial charge in [-0.25, -0.2) is 9.78 Å². The zero-order valence-electron chi connectivity index (χ0n) is 20.0. The van der Waals surface area contributed by atoms with E-state index >= 15 is 0 Å². The summed E-state index contributed by atoms with van der Waals surface area (Å²) in [4.78, 5) is 22.6. The fraction of sp³-hybridized carbons (Fsp3) is 0.308. The van der Waals surface area contributed by atoms with Crippen molar-refractivity contribution in [2.75, 3.05) is 18.5 Å². The molecule has 1 aliphatic heterocycles. The van der Waals surface area contributed by atoms with E-state index in [0.29, 0.717) is 6.04 Å².